The molecule has 170 valence electrons. The Balaban J connectivity index is 1.20. The molecule has 0 N–H and O–H groups in total. The van der Waals surface area contributed by atoms with Crippen LogP contribution >= 0.6 is 22.7 Å². The lowest BCUT2D eigenvalue weighted by molar-refractivity contribution is -0.141. The topological polar surface area (TPSA) is 65.5 Å². The van der Waals surface area contributed by atoms with E-state index in [-0.39, 0.29) is 23.8 Å². The number of amides is 2. The first-order valence-corrected chi connectivity index (χ1v) is 13.0. The van der Waals surface area contributed by atoms with Gasteiger partial charge in [-0.1, -0.05) is 12.1 Å². The van der Waals surface area contributed by atoms with E-state index < -0.39 is 0 Å². The van der Waals surface area contributed by atoms with Gasteiger partial charge in [0.2, 0.25) is 5.91 Å². The first-order chi connectivity index (χ1) is 15.7. The van der Waals surface area contributed by atoms with Gasteiger partial charge in [0.15, 0.2) is 0 Å². The Kier molecular flexibility index (Phi) is 6.68. The number of morpholine rings is 1. The fourth-order valence-electron chi connectivity index (χ4n) is 4.68. The summed E-state index contributed by atoms with van der Waals surface area (Å²) < 4.78 is 5.36. The van der Waals surface area contributed by atoms with Crippen molar-refractivity contribution in [3.8, 4) is 0 Å². The van der Waals surface area contributed by atoms with Gasteiger partial charge in [-0.3, -0.25) is 14.5 Å². The molecule has 2 fully saturated rings. The van der Waals surface area contributed by atoms with E-state index in [0.29, 0.717) is 32.8 Å². The molecule has 9 heteroatoms. The summed E-state index contributed by atoms with van der Waals surface area (Å²) in [6, 6.07) is 8.18. The summed E-state index contributed by atoms with van der Waals surface area (Å²) >= 11 is 3.34. The molecule has 5 heterocycles. The second kappa shape index (κ2) is 9.82. The molecule has 0 unspecified atom stereocenters. The summed E-state index contributed by atoms with van der Waals surface area (Å²) in [6.07, 6.45) is 2.37. The lowest BCUT2D eigenvalue weighted by atomic mass is 9.95. The lowest BCUT2D eigenvalue weighted by Gasteiger charge is -2.35. The average molecular weight is 473 g/mol. The Morgan fingerprint density at radius 3 is 2.47 bits per heavy atom. The maximum atomic E-state index is 13.3. The number of hydrazone groups is 1. The zero-order valence-electron chi connectivity index (χ0n) is 18.0. The number of hydrogen-bond acceptors (Lipinski definition) is 7. The van der Waals surface area contributed by atoms with Crippen LogP contribution in [0.3, 0.4) is 0 Å². The summed E-state index contributed by atoms with van der Waals surface area (Å²) in [4.78, 5) is 32.5. The zero-order chi connectivity index (χ0) is 21.9. The Hall–Kier alpha value is -2.07. The maximum Gasteiger partial charge on any atom is 0.257 e. The van der Waals surface area contributed by atoms with Gasteiger partial charge >= 0.3 is 0 Å². The molecule has 0 bridgehead atoms. The Morgan fingerprint density at radius 1 is 1.03 bits per heavy atom. The van der Waals surface area contributed by atoms with Gasteiger partial charge in [0, 0.05) is 30.3 Å². The largest absolute Gasteiger partial charge is 0.378 e. The number of carbonyl (C=O) groups excluding carboxylic acids is 2. The van der Waals surface area contributed by atoms with Gasteiger partial charge in [-0.25, -0.2) is 5.01 Å². The molecule has 2 amide bonds. The Morgan fingerprint density at radius 2 is 1.78 bits per heavy atom. The van der Waals surface area contributed by atoms with E-state index in [1.807, 2.05) is 22.4 Å². The monoisotopic (exact) mass is 472 g/mol. The molecule has 2 aromatic rings. The van der Waals surface area contributed by atoms with Gasteiger partial charge in [-0.2, -0.15) is 5.10 Å². The van der Waals surface area contributed by atoms with Gasteiger partial charge in [-0.05, 0) is 48.8 Å². The van der Waals surface area contributed by atoms with E-state index in [2.05, 4.69) is 22.4 Å². The molecular weight excluding hydrogens is 444 g/mol. The van der Waals surface area contributed by atoms with Crippen molar-refractivity contribution < 1.29 is 14.3 Å². The standard InChI is InChI=1S/C23H28N4O3S2/c28-22(16-25-7-5-17(6-8-25)23(29)26-9-11-30-12-10-26)27-19(21-4-2-14-32-21)15-18(24-27)20-3-1-13-31-20/h1-4,13-14,17,19H,5-12,15-16H2/t19-/m0/s1. The second-order valence-corrected chi connectivity index (χ2v) is 10.4. The minimum Gasteiger partial charge on any atom is -0.378 e. The summed E-state index contributed by atoms with van der Waals surface area (Å²) in [7, 11) is 0. The third-order valence-electron chi connectivity index (χ3n) is 6.46. The average Bonchev–Trinajstić information content (AvgIpc) is 3.61. The van der Waals surface area contributed by atoms with E-state index in [4.69, 9.17) is 9.84 Å². The summed E-state index contributed by atoms with van der Waals surface area (Å²) in [5.41, 5.74) is 0.988. The molecular formula is C23H28N4O3S2. The predicted molar refractivity (Wildman–Crippen MR) is 126 cm³/mol. The van der Waals surface area contributed by atoms with Crippen LogP contribution in [-0.4, -0.2) is 78.3 Å². The van der Waals surface area contributed by atoms with Crippen LogP contribution in [0.4, 0.5) is 0 Å². The quantitative estimate of drug-likeness (QED) is 0.671. The molecule has 0 spiro atoms. The minimum absolute atomic E-state index is 0.0277. The first-order valence-electron chi connectivity index (χ1n) is 11.2. The highest BCUT2D eigenvalue weighted by Crippen LogP contribution is 2.36. The van der Waals surface area contributed by atoms with Crippen LogP contribution < -0.4 is 0 Å². The van der Waals surface area contributed by atoms with E-state index in [1.165, 1.54) is 4.88 Å². The van der Waals surface area contributed by atoms with Gasteiger partial charge < -0.3 is 9.64 Å². The highest BCUT2D eigenvalue weighted by atomic mass is 32.1. The smallest absolute Gasteiger partial charge is 0.257 e. The number of rotatable bonds is 5. The number of piperidine rings is 1. The molecule has 0 aromatic carbocycles. The van der Waals surface area contributed by atoms with Crippen molar-refractivity contribution in [3.63, 3.8) is 0 Å². The molecule has 2 aromatic heterocycles. The third kappa shape index (κ3) is 4.66. The van der Waals surface area contributed by atoms with Crippen LogP contribution in [0, 0.1) is 5.92 Å². The Labute approximate surface area is 196 Å². The van der Waals surface area contributed by atoms with Gasteiger partial charge in [0.1, 0.15) is 0 Å². The van der Waals surface area contributed by atoms with Gasteiger partial charge in [0.05, 0.1) is 36.4 Å². The normalized spacial score (nSPS) is 22.9. The molecule has 1 atom stereocenters. The number of nitrogens with zero attached hydrogens (tertiary/aromatic N) is 4. The van der Waals surface area contributed by atoms with Crippen LogP contribution in [0.15, 0.2) is 40.1 Å². The van der Waals surface area contributed by atoms with E-state index in [9.17, 15) is 9.59 Å². The zero-order valence-corrected chi connectivity index (χ0v) is 19.7. The second-order valence-electron chi connectivity index (χ2n) is 8.49. The summed E-state index contributed by atoms with van der Waals surface area (Å²) in [6.45, 7) is 4.55. The molecule has 3 aliphatic heterocycles. The predicted octanol–water partition coefficient (Wildman–Crippen LogP) is 3.06. The van der Waals surface area contributed by atoms with Crippen LogP contribution in [0.1, 0.15) is 35.1 Å². The van der Waals surface area contributed by atoms with E-state index in [0.717, 1.165) is 42.9 Å². The highest BCUT2D eigenvalue weighted by molar-refractivity contribution is 7.12. The molecule has 5 rings (SSSR count). The van der Waals surface area contributed by atoms with Crippen LogP contribution in [-0.2, 0) is 14.3 Å². The summed E-state index contributed by atoms with van der Waals surface area (Å²) in [5.74, 6) is 0.350. The van der Waals surface area contributed by atoms with Crippen molar-refractivity contribution in [2.45, 2.75) is 25.3 Å². The van der Waals surface area contributed by atoms with Crippen molar-refractivity contribution in [3.05, 3.63) is 44.8 Å². The number of ether oxygens (including phenoxy) is 1. The van der Waals surface area contributed by atoms with Gasteiger partial charge in [-0.15, -0.1) is 22.7 Å². The molecule has 0 radical (unpaired) electrons. The van der Waals surface area contributed by atoms with Crippen molar-refractivity contribution in [1.29, 1.82) is 0 Å². The van der Waals surface area contributed by atoms with Crippen molar-refractivity contribution in [2.24, 2.45) is 11.0 Å². The van der Waals surface area contributed by atoms with E-state index >= 15 is 0 Å². The van der Waals surface area contributed by atoms with Crippen LogP contribution in [0.25, 0.3) is 0 Å². The van der Waals surface area contributed by atoms with Crippen molar-refractivity contribution in [1.82, 2.24) is 14.8 Å². The fraction of sp³-hybridized carbons (Fsp3) is 0.522. The van der Waals surface area contributed by atoms with Crippen LogP contribution in [0.5, 0.6) is 0 Å². The molecule has 7 nitrogen and oxygen atoms in total. The molecule has 3 aliphatic rings. The molecule has 0 aliphatic carbocycles. The number of thiophene rings is 2. The van der Waals surface area contributed by atoms with Gasteiger partial charge in [0.25, 0.3) is 5.91 Å². The molecule has 0 saturated carbocycles. The van der Waals surface area contributed by atoms with Crippen LogP contribution in [0.2, 0.25) is 0 Å². The van der Waals surface area contributed by atoms with Crippen molar-refractivity contribution in [2.75, 3.05) is 45.9 Å². The highest BCUT2D eigenvalue weighted by Gasteiger charge is 2.36. The maximum absolute atomic E-state index is 13.3. The first kappa shape index (κ1) is 21.8. The fourth-order valence-corrected chi connectivity index (χ4v) is 6.21. The summed E-state index contributed by atoms with van der Waals surface area (Å²) in [5, 5.41) is 10.6. The SMILES string of the molecule is O=C(C1CCN(CC(=O)N2N=C(c3cccs3)C[C@H]2c2cccs2)CC1)N1CCOCC1. The number of likely N-dealkylation sites (tertiary alicyclic amines) is 1. The lowest BCUT2D eigenvalue weighted by Crippen LogP contribution is -2.48. The van der Waals surface area contributed by atoms with Crippen molar-refractivity contribution >= 4 is 40.2 Å². The molecule has 32 heavy (non-hydrogen) atoms. The number of carbonyl (C=O) groups is 2. The molecule has 2 saturated heterocycles. The Bertz CT molecular complexity index is 946. The third-order valence-corrected chi connectivity index (χ3v) is 8.35. The van der Waals surface area contributed by atoms with E-state index in [1.54, 1.807) is 27.7 Å². The number of hydrogen-bond donors (Lipinski definition) is 0. The minimum atomic E-state index is -0.0277.